The van der Waals surface area contributed by atoms with Crippen LogP contribution in [0.3, 0.4) is 0 Å². The molecule has 0 radical (unpaired) electrons. The molecule has 0 aromatic rings. The van der Waals surface area contributed by atoms with Gasteiger partial charge in [0.1, 0.15) is 0 Å². The van der Waals surface area contributed by atoms with Crippen LogP contribution < -0.4 is 5.73 Å². The van der Waals surface area contributed by atoms with Crippen molar-refractivity contribution in [1.29, 1.82) is 0 Å². The molecule has 1 spiro atoms. The molecule has 7 unspecified atom stereocenters. The Balaban J connectivity index is 1.39. The topological polar surface area (TPSA) is 52.3 Å². The summed E-state index contributed by atoms with van der Waals surface area (Å²) in [5.41, 5.74) is 11.1. The molecule has 3 nitrogen and oxygen atoms in total. The third-order valence-electron chi connectivity index (χ3n) is 10.4. The largest absolute Gasteiger partial charge is 0.371 e. The molecule has 3 heteroatoms. The standard InChI is InChI=1S/C28H43NO2/c1-17(16-29)11-22-12-19(3)28(31-22)10-8-23-24-6-5-20-13-21(30)7-9-27(20,4)26(24)14-25(23)18(2)15-28/h13,17,19,22-24,26H,5-12,14-16,29H2,1-4H3/t17?,19-,22?,23?,24?,26?,27?,28?/m1/s1. The first-order valence-electron chi connectivity index (χ1n) is 13.1. The molecule has 4 aliphatic carbocycles. The summed E-state index contributed by atoms with van der Waals surface area (Å²) in [5, 5.41) is 0. The molecular weight excluding hydrogens is 382 g/mol. The fourth-order valence-electron chi connectivity index (χ4n) is 8.50. The minimum atomic E-state index is 0.0524. The molecule has 172 valence electrons. The van der Waals surface area contributed by atoms with E-state index in [1.54, 1.807) is 11.1 Å². The van der Waals surface area contributed by atoms with Crippen molar-refractivity contribution in [3.05, 3.63) is 22.8 Å². The fourth-order valence-corrected chi connectivity index (χ4v) is 8.50. The maximum Gasteiger partial charge on any atom is 0.155 e. The van der Waals surface area contributed by atoms with Gasteiger partial charge in [0.05, 0.1) is 11.7 Å². The zero-order chi connectivity index (χ0) is 22.0. The van der Waals surface area contributed by atoms with Crippen LogP contribution in [0.5, 0.6) is 0 Å². The van der Waals surface area contributed by atoms with Crippen LogP contribution in [-0.2, 0) is 9.53 Å². The van der Waals surface area contributed by atoms with E-state index in [9.17, 15) is 4.79 Å². The summed E-state index contributed by atoms with van der Waals surface area (Å²) in [4.78, 5) is 12.1. The highest BCUT2D eigenvalue weighted by Crippen LogP contribution is 2.64. The summed E-state index contributed by atoms with van der Waals surface area (Å²) >= 11 is 0. The number of fused-ring (bicyclic) bond motifs is 5. The first kappa shape index (κ1) is 21.9. The van der Waals surface area contributed by atoms with E-state index in [1.807, 2.05) is 6.08 Å². The Bertz CT molecular complexity index is 812. The van der Waals surface area contributed by atoms with Crippen LogP contribution in [0.4, 0.5) is 0 Å². The molecule has 0 bridgehead atoms. The molecule has 0 amide bonds. The molecule has 2 N–H and O–H groups in total. The third kappa shape index (κ3) is 3.50. The highest BCUT2D eigenvalue weighted by atomic mass is 16.5. The summed E-state index contributed by atoms with van der Waals surface area (Å²) in [6, 6.07) is 0. The minimum absolute atomic E-state index is 0.0524. The maximum atomic E-state index is 12.1. The number of nitrogens with two attached hydrogens (primary N) is 1. The van der Waals surface area contributed by atoms with Gasteiger partial charge in [-0.25, -0.2) is 0 Å². The van der Waals surface area contributed by atoms with Crippen molar-refractivity contribution in [3.63, 3.8) is 0 Å². The Hall–Kier alpha value is -0.930. The van der Waals surface area contributed by atoms with Gasteiger partial charge in [0, 0.05) is 6.42 Å². The second-order valence-electron chi connectivity index (χ2n) is 12.2. The van der Waals surface area contributed by atoms with E-state index in [4.69, 9.17) is 10.5 Å². The van der Waals surface area contributed by atoms with Crippen molar-refractivity contribution in [2.75, 3.05) is 6.54 Å². The van der Waals surface area contributed by atoms with Crippen LogP contribution in [-0.4, -0.2) is 24.0 Å². The molecule has 1 saturated heterocycles. The van der Waals surface area contributed by atoms with Gasteiger partial charge < -0.3 is 10.5 Å². The summed E-state index contributed by atoms with van der Waals surface area (Å²) in [6.07, 6.45) is 13.9. The van der Waals surface area contributed by atoms with Gasteiger partial charge in [0.2, 0.25) is 0 Å². The molecular formula is C28H43NO2. The van der Waals surface area contributed by atoms with Crippen LogP contribution in [0, 0.1) is 35.0 Å². The SMILES string of the molecule is CC1=C2CC3C(CCC4=CC(=O)CCC43C)C2CCC2(C1)OC(CC(C)CN)C[C@H]2C. The molecule has 2 saturated carbocycles. The Labute approximate surface area is 189 Å². The van der Waals surface area contributed by atoms with Crippen molar-refractivity contribution >= 4 is 5.78 Å². The summed E-state index contributed by atoms with van der Waals surface area (Å²) in [6.45, 7) is 10.4. The van der Waals surface area contributed by atoms with Gasteiger partial charge >= 0.3 is 0 Å². The van der Waals surface area contributed by atoms with Gasteiger partial charge in [0.25, 0.3) is 0 Å². The average molecular weight is 426 g/mol. The average Bonchev–Trinajstić information content (AvgIpc) is 3.21. The molecule has 3 fully saturated rings. The number of carbonyl (C=O) groups is 1. The summed E-state index contributed by atoms with van der Waals surface area (Å²) in [5.74, 6) is 3.84. The minimum Gasteiger partial charge on any atom is -0.371 e. The van der Waals surface area contributed by atoms with Crippen LogP contribution in [0.25, 0.3) is 0 Å². The van der Waals surface area contributed by atoms with Gasteiger partial charge in [0.15, 0.2) is 5.78 Å². The van der Waals surface area contributed by atoms with E-state index < -0.39 is 0 Å². The van der Waals surface area contributed by atoms with E-state index in [0.29, 0.717) is 23.7 Å². The third-order valence-corrected chi connectivity index (χ3v) is 10.4. The first-order valence-corrected chi connectivity index (χ1v) is 13.1. The summed E-state index contributed by atoms with van der Waals surface area (Å²) in [7, 11) is 0. The Morgan fingerprint density at radius 2 is 2.06 bits per heavy atom. The number of hydrogen-bond acceptors (Lipinski definition) is 3. The van der Waals surface area contributed by atoms with Gasteiger partial charge in [-0.05, 0) is 112 Å². The van der Waals surface area contributed by atoms with Crippen LogP contribution in [0.1, 0.15) is 91.9 Å². The van der Waals surface area contributed by atoms with Crippen molar-refractivity contribution in [1.82, 2.24) is 0 Å². The highest BCUT2D eigenvalue weighted by Gasteiger charge is 2.56. The van der Waals surface area contributed by atoms with Crippen LogP contribution >= 0.6 is 0 Å². The lowest BCUT2D eigenvalue weighted by Crippen LogP contribution is -2.40. The normalized spacial score (nSPS) is 45.8. The zero-order valence-electron chi connectivity index (χ0n) is 20.2. The van der Waals surface area contributed by atoms with Gasteiger partial charge in [-0.1, -0.05) is 37.5 Å². The highest BCUT2D eigenvalue weighted by molar-refractivity contribution is 5.91. The Morgan fingerprint density at radius 1 is 1.26 bits per heavy atom. The number of allylic oxidation sites excluding steroid dienone is 3. The lowest BCUT2D eigenvalue weighted by Gasteiger charge is -2.48. The second-order valence-corrected chi connectivity index (χ2v) is 12.2. The molecule has 31 heavy (non-hydrogen) atoms. The first-order chi connectivity index (χ1) is 14.8. The van der Waals surface area contributed by atoms with Crippen LogP contribution in [0.2, 0.25) is 0 Å². The number of ketones is 1. The molecule has 1 heterocycles. The predicted molar refractivity (Wildman–Crippen MR) is 126 cm³/mol. The lowest BCUT2D eigenvalue weighted by molar-refractivity contribution is -0.116. The number of ether oxygens (including phenoxy) is 1. The zero-order valence-corrected chi connectivity index (χ0v) is 20.2. The van der Waals surface area contributed by atoms with Crippen molar-refractivity contribution < 1.29 is 9.53 Å². The molecule has 0 aromatic carbocycles. The van der Waals surface area contributed by atoms with E-state index in [-0.39, 0.29) is 11.0 Å². The van der Waals surface area contributed by atoms with E-state index in [0.717, 1.165) is 56.4 Å². The maximum absolute atomic E-state index is 12.1. The summed E-state index contributed by atoms with van der Waals surface area (Å²) < 4.78 is 6.91. The Morgan fingerprint density at radius 3 is 2.84 bits per heavy atom. The van der Waals surface area contributed by atoms with Crippen LogP contribution in [0.15, 0.2) is 22.8 Å². The number of hydrogen-bond donors (Lipinski definition) is 1. The predicted octanol–water partition coefficient (Wildman–Crippen LogP) is 5.98. The van der Waals surface area contributed by atoms with Crippen molar-refractivity contribution in [2.45, 2.75) is 104 Å². The number of rotatable bonds is 3. The molecule has 5 aliphatic rings. The fraction of sp³-hybridized carbons (Fsp3) is 0.821. The van der Waals surface area contributed by atoms with Crippen molar-refractivity contribution in [2.24, 2.45) is 40.7 Å². The quantitative estimate of drug-likeness (QED) is 0.566. The smallest absolute Gasteiger partial charge is 0.155 e. The molecule has 0 aromatic heterocycles. The van der Waals surface area contributed by atoms with Gasteiger partial charge in [-0.3, -0.25) is 4.79 Å². The number of carbonyl (C=O) groups excluding carboxylic acids is 1. The molecule has 1 aliphatic heterocycles. The lowest BCUT2D eigenvalue weighted by atomic mass is 9.56. The van der Waals surface area contributed by atoms with Crippen molar-refractivity contribution in [3.8, 4) is 0 Å². The van der Waals surface area contributed by atoms with E-state index in [1.165, 1.54) is 37.7 Å². The van der Waals surface area contributed by atoms with E-state index >= 15 is 0 Å². The molecule has 8 atom stereocenters. The monoisotopic (exact) mass is 425 g/mol. The second kappa shape index (κ2) is 7.83. The van der Waals surface area contributed by atoms with Gasteiger partial charge in [-0.15, -0.1) is 0 Å². The molecule has 5 rings (SSSR count). The van der Waals surface area contributed by atoms with E-state index in [2.05, 4.69) is 27.7 Å². The Kier molecular flexibility index (Phi) is 5.53. The van der Waals surface area contributed by atoms with Gasteiger partial charge in [-0.2, -0.15) is 0 Å².